The number of piperidine rings is 1. The fourth-order valence-electron chi connectivity index (χ4n) is 3.87. The van der Waals surface area contributed by atoms with Crippen LogP contribution >= 0.6 is 0 Å². The summed E-state index contributed by atoms with van der Waals surface area (Å²) in [5.74, 6) is -0.851. The van der Waals surface area contributed by atoms with Gasteiger partial charge in [0.2, 0.25) is 5.91 Å². The summed E-state index contributed by atoms with van der Waals surface area (Å²) in [6.45, 7) is 6.53. The number of nitrogens with one attached hydrogen (secondary N) is 1. The molecular formula is C20H24N2O3. The van der Waals surface area contributed by atoms with E-state index in [1.165, 1.54) is 0 Å². The van der Waals surface area contributed by atoms with Crippen molar-refractivity contribution in [3.8, 4) is 0 Å². The first-order valence-electron chi connectivity index (χ1n) is 8.65. The first kappa shape index (κ1) is 17.3. The van der Waals surface area contributed by atoms with Crippen LogP contribution in [0.2, 0.25) is 0 Å². The number of carboxylic acid groups (broad SMARTS) is 1. The van der Waals surface area contributed by atoms with Crippen LogP contribution in [0.5, 0.6) is 0 Å². The number of carbonyl (C=O) groups excluding carboxylic acids is 1. The molecule has 0 spiro atoms. The lowest BCUT2D eigenvalue weighted by Gasteiger charge is -2.39. The molecule has 25 heavy (non-hydrogen) atoms. The van der Waals surface area contributed by atoms with Crippen LogP contribution in [-0.4, -0.2) is 40.0 Å². The molecule has 5 heteroatoms. The number of likely N-dealkylation sites (tertiary alicyclic amines) is 1. The van der Waals surface area contributed by atoms with Gasteiger partial charge in [-0.15, -0.1) is 6.58 Å². The van der Waals surface area contributed by atoms with E-state index in [1.807, 2.05) is 31.2 Å². The summed E-state index contributed by atoms with van der Waals surface area (Å²) in [4.78, 5) is 29.7. The van der Waals surface area contributed by atoms with Crippen molar-refractivity contribution in [3.05, 3.63) is 48.2 Å². The highest BCUT2D eigenvalue weighted by Gasteiger charge is 2.42. The van der Waals surface area contributed by atoms with E-state index < -0.39 is 11.4 Å². The van der Waals surface area contributed by atoms with Gasteiger partial charge in [0.15, 0.2) is 0 Å². The Morgan fingerprint density at radius 2 is 2.16 bits per heavy atom. The molecule has 0 saturated carbocycles. The van der Waals surface area contributed by atoms with Crippen LogP contribution in [0.25, 0.3) is 10.9 Å². The Hall–Kier alpha value is -2.56. The predicted molar refractivity (Wildman–Crippen MR) is 97.4 cm³/mol. The number of rotatable bonds is 5. The van der Waals surface area contributed by atoms with Crippen molar-refractivity contribution in [2.75, 3.05) is 13.1 Å². The Morgan fingerprint density at radius 3 is 2.88 bits per heavy atom. The maximum absolute atomic E-state index is 12.9. The van der Waals surface area contributed by atoms with Gasteiger partial charge in [-0.3, -0.25) is 9.59 Å². The van der Waals surface area contributed by atoms with Crippen LogP contribution in [0.3, 0.4) is 0 Å². The van der Waals surface area contributed by atoms with E-state index in [2.05, 4.69) is 11.6 Å². The number of allylic oxidation sites excluding steroid dienone is 1. The molecule has 1 fully saturated rings. The van der Waals surface area contributed by atoms with E-state index in [-0.39, 0.29) is 12.5 Å². The van der Waals surface area contributed by atoms with Gasteiger partial charge in [0.25, 0.3) is 0 Å². The third-order valence-corrected chi connectivity index (χ3v) is 5.27. The van der Waals surface area contributed by atoms with E-state index >= 15 is 0 Å². The number of aliphatic carboxylic acids is 1. The van der Waals surface area contributed by atoms with Gasteiger partial charge >= 0.3 is 5.97 Å². The zero-order chi connectivity index (χ0) is 18.0. The van der Waals surface area contributed by atoms with Gasteiger partial charge in [-0.2, -0.15) is 0 Å². The smallest absolute Gasteiger partial charge is 0.311 e. The molecule has 2 heterocycles. The number of H-pyrrole nitrogens is 1. The van der Waals surface area contributed by atoms with E-state index in [4.69, 9.17) is 0 Å². The molecule has 1 saturated heterocycles. The quantitative estimate of drug-likeness (QED) is 0.820. The molecule has 2 N–H and O–H groups in total. The van der Waals surface area contributed by atoms with Crippen molar-refractivity contribution in [1.29, 1.82) is 0 Å². The molecule has 0 unspecified atom stereocenters. The Kier molecular flexibility index (Phi) is 4.66. The number of carbonyl (C=O) groups is 2. The second kappa shape index (κ2) is 6.75. The third kappa shape index (κ3) is 3.18. The summed E-state index contributed by atoms with van der Waals surface area (Å²) in [6.07, 6.45) is 3.62. The van der Waals surface area contributed by atoms with Crippen molar-refractivity contribution in [3.63, 3.8) is 0 Å². The molecule has 2 aromatic rings. The standard InChI is InChI=1S/C20H24N2O3/c1-3-9-20(19(24)25)10-6-11-22(13-20)18(23)12-16-14(2)21-17-8-5-4-7-15(16)17/h3-5,7-8,21H,1,6,9-13H2,2H3,(H,24,25)/t20-/m0/s1. The highest BCUT2D eigenvalue weighted by Crippen LogP contribution is 2.35. The zero-order valence-electron chi connectivity index (χ0n) is 14.5. The topological polar surface area (TPSA) is 73.4 Å². The molecule has 132 valence electrons. The molecule has 1 aliphatic heterocycles. The number of fused-ring (bicyclic) bond motifs is 1. The first-order valence-corrected chi connectivity index (χ1v) is 8.65. The normalized spacial score (nSPS) is 20.6. The maximum atomic E-state index is 12.9. The number of carboxylic acids is 1. The number of benzene rings is 1. The lowest BCUT2D eigenvalue weighted by molar-refractivity contribution is -0.154. The number of nitrogens with zero attached hydrogens (tertiary/aromatic N) is 1. The third-order valence-electron chi connectivity index (χ3n) is 5.27. The molecule has 3 rings (SSSR count). The van der Waals surface area contributed by atoms with E-state index in [0.717, 1.165) is 22.2 Å². The van der Waals surface area contributed by atoms with Crippen LogP contribution in [0, 0.1) is 12.3 Å². The van der Waals surface area contributed by atoms with E-state index in [9.17, 15) is 14.7 Å². The largest absolute Gasteiger partial charge is 0.481 e. The fraction of sp³-hybridized carbons (Fsp3) is 0.400. The number of amides is 1. The van der Waals surface area contributed by atoms with Gasteiger partial charge in [0.05, 0.1) is 11.8 Å². The molecule has 1 amide bonds. The van der Waals surface area contributed by atoms with Crippen LogP contribution in [0.1, 0.15) is 30.5 Å². The van der Waals surface area contributed by atoms with Gasteiger partial charge in [-0.1, -0.05) is 24.3 Å². The van der Waals surface area contributed by atoms with E-state index in [1.54, 1.807) is 11.0 Å². The van der Waals surface area contributed by atoms with Crippen molar-refractivity contribution in [2.45, 2.75) is 32.6 Å². The summed E-state index contributed by atoms with van der Waals surface area (Å²) >= 11 is 0. The highest BCUT2D eigenvalue weighted by atomic mass is 16.4. The number of aryl methyl sites for hydroxylation is 1. The SMILES string of the molecule is C=CC[C@]1(C(=O)O)CCCN(C(=O)Cc2c(C)[nH]c3ccccc23)C1. The van der Waals surface area contributed by atoms with Crippen LogP contribution in [-0.2, 0) is 16.0 Å². The van der Waals surface area contributed by atoms with Gasteiger partial charge < -0.3 is 15.0 Å². The second-order valence-corrected chi connectivity index (χ2v) is 6.95. The molecule has 1 aliphatic rings. The molecule has 1 aromatic heterocycles. The highest BCUT2D eigenvalue weighted by molar-refractivity contribution is 5.90. The number of aromatic nitrogens is 1. The average molecular weight is 340 g/mol. The lowest BCUT2D eigenvalue weighted by atomic mass is 9.77. The summed E-state index contributed by atoms with van der Waals surface area (Å²) in [5, 5.41) is 10.7. The lowest BCUT2D eigenvalue weighted by Crippen LogP contribution is -2.50. The molecule has 1 atom stereocenters. The minimum atomic E-state index is -0.898. The summed E-state index contributed by atoms with van der Waals surface area (Å²) in [5.41, 5.74) is 2.11. The number of hydrogen-bond acceptors (Lipinski definition) is 2. The molecule has 0 aliphatic carbocycles. The van der Waals surface area contributed by atoms with Gasteiger partial charge in [-0.25, -0.2) is 0 Å². The van der Waals surface area contributed by atoms with Crippen LogP contribution < -0.4 is 0 Å². The summed E-state index contributed by atoms with van der Waals surface area (Å²) < 4.78 is 0. The predicted octanol–water partition coefficient (Wildman–Crippen LogP) is 3.29. The molecule has 0 bridgehead atoms. The minimum Gasteiger partial charge on any atom is -0.481 e. The van der Waals surface area contributed by atoms with E-state index in [0.29, 0.717) is 32.2 Å². The van der Waals surface area contributed by atoms with Gasteiger partial charge in [0.1, 0.15) is 0 Å². The first-order chi connectivity index (χ1) is 12.0. The molecular weight excluding hydrogens is 316 g/mol. The Morgan fingerprint density at radius 1 is 1.40 bits per heavy atom. The monoisotopic (exact) mass is 340 g/mol. The van der Waals surface area contributed by atoms with Crippen LogP contribution in [0.4, 0.5) is 0 Å². The van der Waals surface area contributed by atoms with Crippen molar-refractivity contribution >= 4 is 22.8 Å². The fourth-order valence-corrected chi connectivity index (χ4v) is 3.87. The number of hydrogen-bond donors (Lipinski definition) is 2. The minimum absolute atomic E-state index is 0.0118. The Labute approximate surface area is 147 Å². The summed E-state index contributed by atoms with van der Waals surface area (Å²) in [7, 11) is 0. The second-order valence-electron chi connectivity index (χ2n) is 6.95. The van der Waals surface area contributed by atoms with Gasteiger partial charge in [0, 0.05) is 29.7 Å². The van der Waals surface area contributed by atoms with Gasteiger partial charge in [-0.05, 0) is 37.8 Å². The zero-order valence-corrected chi connectivity index (χ0v) is 14.5. The maximum Gasteiger partial charge on any atom is 0.311 e. The average Bonchev–Trinajstić information content (AvgIpc) is 2.91. The molecule has 5 nitrogen and oxygen atoms in total. The number of para-hydroxylation sites is 1. The van der Waals surface area contributed by atoms with Crippen LogP contribution in [0.15, 0.2) is 36.9 Å². The summed E-state index contributed by atoms with van der Waals surface area (Å²) in [6, 6.07) is 7.93. The van der Waals surface area contributed by atoms with Crippen molar-refractivity contribution in [1.82, 2.24) is 9.88 Å². The molecule has 0 radical (unpaired) electrons. The number of aromatic amines is 1. The van der Waals surface area contributed by atoms with Crippen molar-refractivity contribution < 1.29 is 14.7 Å². The van der Waals surface area contributed by atoms with Crippen molar-refractivity contribution in [2.24, 2.45) is 5.41 Å². The Bertz CT molecular complexity index is 823. The molecule has 1 aromatic carbocycles. The Balaban J connectivity index is 1.82.